The van der Waals surface area contributed by atoms with Gasteiger partial charge in [0.25, 0.3) is 0 Å². The molecule has 1 heterocycles. The summed E-state index contributed by atoms with van der Waals surface area (Å²) in [6.07, 6.45) is 8.39. The van der Waals surface area contributed by atoms with Crippen LogP contribution in [0.15, 0.2) is 29.4 Å². The van der Waals surface area contributed by atoms with E-state index in [-0.39, 0.29) is 11.3 Å². The number of thioether (sulfide) groups is 1. The molecule has 1 aliphatic carbocycles. The van der Waals surface area contributed by atoms with Crippen molar-refractivity contribution < 1.29 is 4.79 Å². The number of hydrogen-bond acceptors (Lipinski definition) is 3. The zero-order chi connectivity index (χ0) is 15.3. The van der Waals surface area contributed by atoms with Gasteiger partial charge in [-0.05, 0) is 36.3 Å². The normalized spacial score (nSPS) is 22.8. The molecule has 2 rings (SSSR count). The first-order valence-electron chi connectivity index (χ1n) is 7.79. The highest BCUT2D eigenvalue weighted by molar-refractivity contribution is 8.00. The predicted molar refractivity (Wildman–Crippen MR) is 88.3 cm³/mol. The molecule has 0 aliphatic heterocycles. The van der Waals surface area contributed by atoms with Crippen LogP contribution in [0, 0.1) is 11.3 Å². The molecular formula is C17H26N2OS. The van der Waals surface area contributed by atoms with Crippen molar-refractivity contribution in [3.05, 3.63) is 24.5 Å². The molecule has 21 heavy (non-hydrogen) atoms. The van der Waals surface area contributed by atoms with Crippen molar-refractivity contribution in [3.63, 3.8) is 0 Å². The molecule has 1 aliphatic rings. The van der Waals surface area contributed by atoms with Crippen LogP contribution in [-0.2, 0) is 4.79 Å². The van der Waals surface area contributed by atoms with E-state index in [1.807, 2.05) is 12.1 Å². The van der Waals surface area contributed by atoms with E-state index < -0.39 is 0 Å². The summed E-state index contributed by atoms with van der Waals surface area (Å²) < 4.78 is 0. The largest absolute Gasteiger partial charge is 0.352 e. The Labute approximate surface area is 132 Å². The van der Waals surface area contributed by atoms with Crippen molar-refractivity contribution in [2.24, 2.45) is 11.3 Å². The fraction of sp³-hybridized carbons (Fsp3) is 0.647. The van der Waals surface area contributed by atoms with Crippen LogP contribution >= 0.6 is 11.8 Å². The molecule has 1 saturated carbocycles. The smallest absolute Gasteiger partial charge is 0.230 e. The van der Waals surface area contributed by atoms with Crippen molar-refractivity contribution >= 4 is 17.7 Å². The molecule has 1 amide bonds. The van der Waals surface area contributed by atoms with Gasteiger partial charge in [0, 0.05) is 23.3 Å². The topological polar surface area (TPSA) is 42.0 Å². The molecule has 4 heteroatoms. The van der Waals surface area contributed by atoms with E-state index in [1.165, 1.54) is 19.3 Å². The van der Waals surface area contributed by atoms with Gasteiger partial charge >= 0.3 is 0 Å². The van der Waals surface area contributed by atoms with Crippen molar-refractivity contribution in [1.82, 2.24) is 10.3 Å². The Bertz CT molecular complexity index is 456. The first-order chi connectivity index (χ1) is 9.97. The van der Waals surface area contributed by atoms with Crippen LogP contribution < -0.4 is 5.32 Å². The number of nitrogens with zero attached hydrogens (tertiary/aromatic N) is 1. The number of amides is 1. The number of rotatable bonds is 4. The number of hydrogen-bond donors (Lipinski definition) is 1. The molecule has 2 unspecified atom stereocenters. The van der Waals surface area contributed by atoms with Crippen molar-refractivity contribution in [1.29, 1.82) is 0 Å². The van der Waals surface area contributed by atoms with E-state index in [0.717, 1.165) is 11.3 Å². The van der Waals surface area contributed by atoms with Crippen LogP contribution in [0.5, 0.6) is 0 Å². The van der Waals surface area contributed by atoms with E-state index in [2.05, 4.69) is 31.1 Å². The van der Waals surface area contributed by atoms with Crippen LogP contribution in [0.25, 0.3) is 0 Å². The molecular weight excluding hydrogens is 280 g/mol. The van der Waals surface area contributed by atoms with Crippen molar-refractivity contribution in [2.45, 2.75) is 57.4 Å². The fourth-order valence-corrected chi connectivity index (χ4v) is 3.87. The van der Waals surface area contributed by atoms with Crippen LogP contribution in [0.3, 0.4) is 0 Å². The summed E-state index contributed by atoms with van der Waals surface area (Å²) in [4.78, 5) is 17.3. The summed E-state index contributed by atoms with van der Waals surface area (Å²) >= 11 is 1.57. The molecule has 116 valence electrons. The van der Waals surface area contributed by atoms with Crippen LogP contribution in [0.4, 0.5) is 0 Å². The monoisotopic (exact) mass is 306 g/mol. The molecule has 1 fully saturated rings. The zero-order valence-corrected chi connectivity index (χ0v) is 14.1. The van der Waals surface area contributed by atoms with Gasteiger partial charge in [-0.1, -0.05) is 33.6 Å². The highest BCUT2D eigenvalue weighted by Crippen LogP contribution is 2.38. The third-order valence-corrected chi connectivity index (χ3v) is 5.26. The summed E-state index contributed by atoms with van der Waals surface area (Å²) in [5.41, 5.74) is 0.261. The Kier molecular flexibility index (Phi) is 5.68. The predicted octanol–water partition coefficient (Wildman–Crippen LogP) is 3.89. The molecule has 3 nitrogen and oxygen atoms in total. The maximum atomic E-state index is 12.2. The van der Waals surface area contributed by atoms with Crippen molar-refractivity contribution in [3.8, 4) is 0 Å². The lowest BCUT2D eigenvalue weighted by molar-refractivity contribution is -0.120. The molecule has 2 atom stereocenters. The molecule has 1 aromatic rings. The second-order valence-electron chi connectivity index (χ2n) is 6.90. The first kappa shape index (κ1) is 16.3. The number of pyridine rings is 1. The fourth-order valence-electron chi connectivity index (χ4n) is 3.17. The van der Waals surface area contributed by atoms with E-state index in [4.69, 9.17) is 0 Å². The maximum Gasteiger partial charge on any atom is 0.230 e. The van der Waals surface area contributed by atoms with Gasteiger partial charge in [-0.15, -0.1) is 11.8 Å². The van der Waals surface area contributed by atoms with Gasteiger partial charge < -0.3 is 5.32 Å². The quantitative estimate of drug-likeness (QED) is 0.858. The second-order valence-corrected chi connectivity index (χ2v) is 7.95. The Morgan fingerprint density at radius 1 is 1.29 bits per heavy atom. The Morgan fingerprint density at radius 2 is 1.95 bits per heavy atom. The average Bonchev–Trinajstić information content (AvgIpc) is 2.46. The Hall–Kier alpha value is -1.03. The SMILES string of the molecule is CC(C)(C)C1CCCCC1NC(=O)CSc1ccncc1. The second kappa shape index (κ2) is 7.30. The van der Waals surface area contributed by atoms with E-state index >= 15 is 0 Å². The third kappa shape index (κ3) is 5.03. The molecule has 0 radical (unpaired) electrons. The van der Waals surface area contributed by atoms with E-state index in [0.29, 0.717) is 17.7 Å². The highest BCUT2D eigenvalue weighted by Gasteiger charge is 2.34. The zero-order valence-electron chi connectivity index (χ0n) is 13.3. The third-order valence-electron chi connectivity index (χ3n) is 4.24. The summed E-state index contributed by atoms with van der Waals surface area (Å²) in [5.74, 6) is 1.22. The van der Waals surface area contributed by atoms with E-state index in [9.17, 15) is 4.79 Å². The highest BCUT2D eigenvalue weighted by atomic mass is 32.2. The first-order valence-corrected chi connectivity index (χ1v) is 8.77. The van der Waals surface area contributed by atoms with Gasteiger partial charge in [0.2, 0.25) is 5.91 Å². The van der Waals surface area contributed by atoms with Gasteiger partial charge in [-0.2, -0.15) is 0 Å². The van der Waals surface area contributed by atoms with E-state index in [1.54, 1.807) is 24.2 Å². The van der Waals surface area contributed by atoms with Gasteiger partial charge in [-0.25, -0.2) is 0 Å². The van der Waals surface area contributed by atoms with Crippen LogP contribution in [0.1, 0.15) is 46.5 Å². The van der Waals surface area contributed by atoms with Crippen LogP contribution in [-0.4, -0.2) is 22.7 Å². The molecule has 0 aromatic carbocycles. The van der Waals surface area contributed by atoms with Crippen LogP contribution in [0.2, 0.25) is 0 Å². The van der Waals surface area contributed by atoms with Gasteiger partial charge in [0.15, 0.2) is 0 Å². The van der Waals surface area contributed by atoms with Gasteiger partial charge in [-0.3, -0.25) is 9.78 Å². The number of aromatic nitrogens is 1. The lowest BCUT2D eigenvalue weighted by atomic mass is 9.69. The average molecular weight is 306 g/mol. The minimum absolute atomic E-state index is 0.151. The summed E-state index contributed by atoms with van der Waals surface area (Å²) in [5, 5.41) is 3.27. The minimum atomic E-state index is 0.151. The Balaban J connectivity index is 1.86. The maximum absolute atomic E-state index is 12.2. The summed E-state index contributed by atoms with van der Waals surface area (Å²) in [6.45, 7) is 6.86. The lowest BCUT2D eigenvalue weighted by Crippen LogP contribution is -2.47. The van der Waals surface area contributed by atoms with Gasteiger partial charge in [0.05, 0.1) is 5.75 Å². The Morgan fingerprint density at radius 3 is 2.62 bits per heavy atom. The lowest BCUT2D eigenvalue weighted by Gasteiger charge is -2.40. The minimum Gasteiger partial charge on any atom is -0.352 e. The summed E-state index contributed by atoms with van der Waals surface area (Å²) in [7, 11) is 0. The number of nitrogens with one attached hydrogen (secondary N) is 1. The standard InChI is InChI=1S/C17H26N2OS/c1-17(2,3)14-6-4-5-7-15(14)19-16(20)12-21-13-8-10-18-11-9-13/h8-11,14-15H,4-7,12H2,1-3H3,(H,19,20). The van der Waals surface area contributed by atoms with Gasteiger partial charge in [0.1, 0.15) is 0 Å². The number of carbonyl (C=O) groups excluding carboxylic acids is 1. The number of carbonyl (C=O) groups is 1. The molecule has 0 saturated heterocycles. The molecule has 1 aromatic heterocycles. The summed E-state index contributed by atoms with van der Waals surface area (Å²) in [6, 6.07) is 4.22. The van der Waals surface area contributed by atoms with Crippen molar-refractivity contribution in [2.75, 3.05) is 5.75 Å². The molecule has 1 N–H and O–H groups in total. The molecule has 0 spiro atoms. The molecule has 0 bridgehead atoms.